The van der Waals surface area contributed by atoms with E-state index >= 15 is 0 Å². The van der Waals surface area contributed by atoms with Gasteiger partial charge in [-0.1, -0.05) is 76.2 Å². The molecule has 9 rings (SSSR count). The predicted molar refractivity (Wildman–Crippen MR) is 203 cm³/mol. The Morgan fingerprint density at radius 1 is 0.600 bits per heavy atom. The van der Waals surface area contributed by atoms with Crippen LogP contribution in [-0.2, 0) is 0 Å². The topological polar surface area (TPSA) is 56.7 Å². The zero-order chi connectivity index (χ0) is 34.3. The molecule has 0 fully saturated rings. The Hall–Kier alpha value is -5.88. The van der Waals surface area contributed by atoms with Crippen molar-refractivity contribution in [1.29, 1.82) is 0 Å². The van der Waals surface area contributed by atoms with Crippen LogP contribution in [0.25, 0.3) is 83.1 Å². The van der Waals surface area contributed by atoms with Crippen molar-refractivity contribution in [2.24, 2.45) is 0 Å². The molecule has 0 aliphatic heterocycles. The quantitative estimate of drug-likeness (QED) is 0.185. The molecule has 0 radical (unpaired) electrons. The van der Waals surface area contributed by atoms with E-state index in [2.05, 4.69) is 105 Å². The van der Waals surface area contributed by atoms with E-state index in [-0.39, 0.29) is 17.7 Å². The van der Waals surface area contributed by atoms with Crippen LogP contribution in [0.2, 0.25) is 0 Å². The van der Waals surface area contributed by atoms with Gasteiger partial charge in [0.15, 0.2) is 0 Å². The Bertz CT molecular complexity index is 2760. The van der Waals surface area contributed by atoms with Crippen LogP contribution < -0.4 is 0 Å². The first-order valence-corrected chi connectivity index (χ1v) is 17.2. The summed E-state index contributed by atoms with van der Waals surface area (Å²) in [7, 11) is 0. The van der Waals surface area contributed by atoms with E-state index in [1.165, 1.54) is 28.3 Å². The summed E-state index contributed by atoms with van der Waals surface area (Å²) in [6.07, 6.45) is 0. The Morgan fingerprint density at radius 3 is 2.08 bits per heavy atom. The first-order chi connectivity index (χ1) is 24.3. The number of halogens is 1. The summed E-state index contributed by atoms with van der Waals surface area (Å²) in [4.78, 5) is 15.1. The molecule has 0 bridgehead atoms. The molecule has 5 aromatic carbocycles. The van der Waals surface area contributed by atoms with Crippen LogP contribution >= 0.6 is 0 Å². The van der Waals surface area contributed by atoms with Crippen molar-refractivity contribution < 1.29 is 8.81 Å². The first-order valence-electron chi connectivity index (χ1n) is 17.2. The van der Waals surface area contributed by atoms with Crippen molar-refractivity contribution in [3.63, 3.8) is 0 Å². The number of rotatable bonds is 5. The second-order valence-electron chi connectivity index (χ2n) is 13.8. The van der Waals surface area contributed by atoms with E-state index in [9.17, 15) is 4.39 Å². The molecule has 6 heteroatoms. The number of benzene rings is 5. The van der Waals surface area contributed by atoms with Crippen molar-refractivity contribution in [2.45, 2.75) is 46.5 Å². The molecule has 0 saturated heterocycles. The normalized spacial score (nSPS) is 12.2. The molecule has 4 heterocycles. The van der Waals surface area contributed by atoms with Gasteiger partial charge in [0.05, 0.1) is 33.3 Å². The van der Waals surface area contributed by atoms with Crippen molar-refractivity contribution in [1.82, 2.24) is 19.5 Å². The molecular weight excluding hydrogens is 620 g/mol. The van der Waals surface area contributed by atoms with Crippen LogP contribution in [0.3, 0.4) is 0 Å². The zero-order valence-corrected chi connectivity index (χ0v) is 28.6. The molecular formula is C44H35FN4O. The van der Waals surface area contributed by atoms with Crippen LogP contribution in [-0.4, -0.2) is 19.5 Å². The minimum absolute atomic E-state index is 0.209. The lowest BCUT2D eigenvalue weighted by Crippen LogP contribution is -2.09. The summed E-state index contributed by atoms with van der Waals surface area (Å²) in [6.45, 7) is 11.1. The Balaban J connectivity index is 1.43. The summed E-state index contributed by atoms with van der Waals surface area (Å²) < 4.78 is 23.9. The molecule has 0 atom stereocenters. The number of nitrogens with zero attached hydrogens (tertiary/aromatic N) is 4. The zero-order valence-electron chi connectivity index (χ0n) is 28.6. The van der Waals surface area contributed by atoms with E-state index in [0.29, 0.717) is 22.2 Å². The fourth-order valence-corrected chi connectivity index (χ4v) is 7.43. The minimum atomic E-state index is -0.304. The maximum atomic E-state index is 14.9. The van der Waals surface area contributed by atoms with Gasteiger partial charge in [0.1, 0.15) is 17.2 Å². The van der Waals surface area contributed by atoms with E-state index in [0.717, 1.165) is 55.5 Å². The van der Waals surface area contributed by atoms with E-state index in [1.54, 1.807) is 6.07 Å². The van der Waals surface area contributed by atoms with Crippen molar-refractivity contribution in [2.75, 3.05) is 0 Å². The third kappa shape index (κ3) is 4.62. The van der Waals surface area contributed by atoms with Gasteiger partial charge >= 0.3 is 0 Å². The Kier molecular flexibility index (Phi) is 6.85. The lowest BCUT2D eigenvalue weighted by Gasteiger charge is -2.24. The third-order valence-corrected chi connectivity index (χ3v) is 9.88. The summed E-state index contributed by atoms with van der Waals surface area (Å²) >= 11 is 0. The van der Waals surface area contributed by atoms with Gasteiger partial charge in [-0.3, -0.25) is 9.55 Å². The van der Waals surface area contributed by atoms with Crippen LogP contribution in [0.15, 0.2) is 114 Å². The average Bonchev–Trinajstić information content (AvgIpc) is 3.69. The molecule has 0 aliphatic carbocycles. The molecule has 0 amide bonds. The van der Waals surface area contributed by atoms with Crippen LogP contribution in [0, 0.1) is 12.7 Å². The van der Waals surface area contributed by atoms with E-state index < -0.39 is 0 Å². The number of aryl methyl sites for hydroxylation is 1. The van der Waals surface area contributed by atoms with Gasteiger partial charge in [-0.25, -0.2) is 14.4 Å². The van der Waals surface area contributed by atoms with Gasteiger partial charge in [-0.2, -0.15) is 0 Å². The van der Waals surface area contributed by atoms with Crippen molar-refractivity contribution in [3.8, 4) is 28.2 Å². The third-order valence-electron chi connectivity index (χ3n) is 9.88. The number of hydrogen-bond acceptors (Lipinski definition) is 4. The number of imidazole rings is 1. The van der Waals surface area contributed by atoms with Gasteiger partial charge in [-0.05, 0) is 102 Å². The number of aromatic nitrogens is 4. The minimum Gasteiger partial charge on any atom is -0.437 e. The Morgan fingerprint density at radius 2 is 1.32 bits per heavy atom. The summed E-state index contributed by atoms with van der Waals surface area (Å²) in [5.41, 5.74) is 12.2. The highest BCUT2D eigenvalue weighted by molar-refractivity contribution is 6.12. The number of pyridine rings is 2. The second-order valence-corrected chi connectivity index (χ2v) is 13.8. The van der Waals surface area contributed by atoms with Gasteiger partial charge in [-0.15, -0.1) is 0 Å². The molecule has 50 heavy (non-hydrogen) atoms. The highest BCUT2D eigenvalue weighted by Crippen LogP contribution is 2.44. The SMILES string of the molecule is Cc1ccc2c(ccc3nc(-c4cccc5c4oc4nc6cccc(F)c6cc45)n(-c4c(C(C)C)cc(-c5ccccc5)cc4C(C)C)c32)n1. The van der Waals surface area contributed by atoms with Crippen LogP contribution in [0.1, 0.15) is 56.4 Å². The molecule has 0 aliphatic rings. The van der Waals surface area contributed by atoms with Gasteiger partial charge in [0.2, 0.25) is 5.71 Å². The fraction of sp³-hybridized carbons (Fsp3) is 0.159. The maximum absolute atomic E-state index is 14.9. The monoisotopic (exact) mass is 654 g/mol. The molecule has 0 spiro atoms. The smallest absolute Gasteiger partial charge is 0.227 e. The highest BCUT2D eigenvalue weighted by Gasteiger charge is 2.27. The molecule has 0 unspecified atom stereocenters. The molecule has 9 aromatic rings. The van der Waals surface area contributed by atoms with Gasteiger partial charge in [0.25, 0.3) is 0 Å². The standard InChI is InChI=1S/C44H35FN4O/c1-24(2)32-21-28(27-11-7-6-8-12-27)22-33(25(3)4)40(32)49-41-30-18-17-26(5)46-38(30)19-20-39(41)47-43(49)31-14-9-13-29-34-23-35-36(45)15-10-16-37(35)48-44(34)50-42(29)31/h6-25H,1-5H3. The lowest BCUT2D eigenvalue weighted by molar-refractivity contribution is 0.639. The summed E-state index contributed by atoms with van der Waals surface area (Å²) in [6, 6.07) is 36.6. The van der Waals surface area contributed by atoms with Crippen LogP contribution in [0.5, 0.6) is 0 Å². The average molecular weight is 655 g/mol. The summed E-state index contributed by atoms with van der Waals surface area (Å²) in [5.74, 6) is 0.881. The van der Waals surface area contributed by atoms with Crippen molar-refractivity contribution in [3.05, 3.63) is 132 Å². The number of hydrogen-bond donors (Lipinski definition) is 0. The van der Waals surface area contributed by atoms with Gasteiger partial charge < -0.3 is 4.42 Å². The lowest BCUT2D eigenvalue weighted by atomic mass is 9.88. The Labute approximate surface area is 289 Å². The van der Waals surface area contributed by atoms with Gasteiger partial charge in [0, 0.05) is 27.2 Å². The van der Waals surface area contributed by atoms with E-state index in [1.807, 2.05) is 31.2 Å². The maximum Gasteiger partial charge on any atom is 0.227 e. The van der Waals surface area contributed by atoms with Crippen LogP contribution in [0.4, 0.5) is 4.39 Å². The fourth-order valence-electron chi connectivity index (χ4n) is 7.43. The molecule has 0 saturated carbocycles. The second kappa shape index (κ2) is 11.3. The molecule has 5 nitrogen and oxygen atoms in total. The number of fused-ring (bicyclic) bond motifs is 7. The van der Waals surface area contributed by atoms with Crippen molar-refractivity contribution >= 4 is 54.9 Å². The van der Waals surface area contributed by atoms with E-state index in [4.69, 9.17) is 19.4 Å². The first kappa shape index (κ1) is 30.2. The predicted octanol–water partition coefficient (Wildman–Crippen LogP) is 12.0. The molecule has 244 valence electrons. The molecule has 4 aromatic heterocycles. The highest BCUT2D eigenvalue weighted by atomic mass is 19.1. The number of para-hydroxylation sites is 1. The summed E-state index contributed by atoms with van der Waals surface area (Å²) in [5, 5.41) is 3.13. The molecule has 0 N–H and O–H groups in total. The largest absolute Gasteiger partial charge is 0.437 e. The number of furan rings is 1.